The number of ketones is 1. The SMILES string of the molecule is Cc1cc(OCC(=O)N/N=C2\CC(=O)CC(C)(C)C2)ccc1Cl. The standard InChI is InChI=1S/C17H21ClN2O3/c1-11-6-14(4-5-15(11)18)23-10-16(22)20-19-12-7-13(21)9-17(2,3)8-12/h4-6H,7-10H2,1-3H3,(H,20,22)/b19-12+. The lowest BCUT2D eigenvalue weighted by Crippen LogP contribution is -2.32. The normalized spacial score (nSPS) is 18.8. The van der Waals surface area contributed by atoms with Crippen molar-refractivity contribution in [2.75, 3.05) is 6.61 Å². The lowest BCUT2D eigenvalue weighted by Gasteiger charge is -2.28. The van der Waals surface area contributed by atoms with Crippen LogP contribution in [0.5, 0.6) is 5.75 Å². The van der Waals surface area contributed by atoms with Gasteiger partial charge in [-0.05, 0) is 42.5 Å². The maximum atomic E-state index is 11.8. The molecule has 1 amide bonds. The Labute approximate surface area is 141 Å². The number of benzene rings is 1. The number of carbonyl (C=O) groups is 2. The molecule has 0 spiro atoms. The van der Waals surface area contributed by atoms with Crippen LogP contribution in [0.1, 0.15) is 38.7 Å². The summed E-state index contributed by atoms with van der Waals surface area (Å²) in [6.07, 6.45) is 1.57. The molecule has 1 saturated carbocycles. The highest BCUT2D eigenvalue weighted by Gasteiger charge is 2.30. The molecule has 1 aromatic rings. The van der Waals surface area contributed by atoms with Gasteiger partial charge in [0.2, 0.25) is 0 Å². The third-order valence-electron chi connectivity index (χ3n) is 3.60. The number of hydrogen-bond donors (Lipinski definition) is 1. The number of amides is 1. The molecule has 0 bridgehead atoms. The van der Waals surface area contributed by atoms with Crippen LogP contribution in [0.2, 0.25) is 5.02 Å². The van der Waals surface area contributed by atoms with Gasteiger partial charge < -0.3 is 4.74 Å². The van der Waals surface area contributed by atoms with Gasteiger partial charge in [0.25, 0.3) is 5.91 Å². The molecule has 0 atom stereocenters. The van der Waals surface area contributed by atoms with E-state index in [9.17, 15) is 9.59 Å². The number of nitrogens with zero attached hydrogens (tertiary/aromatic N) is 1. The molecular formula is C17H21ClN2O3. The van der Waals surface area contributed by atoms with Crippen LogP contribution in [-0.4, -0.2) is 24.0 Å². The maximum absolute atomic E-state index is 11.8. The van der Waals surface area contributed by atoms with Crippen molar-refractivity contribution in [1.29, 1.82) is 0 Å². The second kappa shape index (κ2) is 7.13. The van der Waals surface area contributed by atoms with Crippen LogP contribution < -0.4 is 10.2 Å². The minimum Gasteiger partial charge on any atom is -0.484 e. The fourth-order valence-electron chi connectivity index (χ4n) is 2.61. The van der Waals surface area contributed by atoms with E-state index in [2.05, 4.69) is 10.5 Å². The molecule has 6 heteroatoms. The minimum atomic E-state index is -0.360. The Morgan fingerprint density at radius 2 is 2.13 bits per heavy atom. The summed E-state index contributed by atoms with van der Waals surface area (Å²) in [5, 5.41) is 4.72. The summed E-state index contributed by atoms with van der Waals surface area (Å²) in [5.74, 6) is 0.367. The number of ether oxygens (including phenoxy) is 1. The number of hydrogen-bond acceptors (Lipinski definition) is 4. The van der Waals surface area contributed by atoms with Crippen LogP contribution in [0.15, 0.2) is 23.3 Å². The highest BCUT2D eigenvalue weighted by atomic mass is 35.5. The van der Waals surface area contributed by atoms with E-state index in [1.807, 2.05) is 20.8 Å². The van der Waals surface area contributed by atoms with E-state index in [1.165, 1.54) is 0 Å². The molecule has 0 saturated heterocycles. The lowest BCUT2D eigenvalue weighted by atomic mass is 9.76. The van der Waals surface area contributed by atoms with E-state index >= 15 is 0 Å². The summed E-state index contributed by atoms with van der Waals surface area (Å²) < 4.78 is 5.40. The van der Waals surface area contributed by atoms with E-state index in [0.717, 1.165) is 5.56 Å². The summed E-state index contributed by atoms with van der Waals surface area (Å²) in [6, 6.07) is 5.20. The Kier molecular flexibility index (Phi) is 5.42. The molecule has 1 aromatic carbocycles. The van der Waals surface area contributed by atoms with Crippen LogP contribution >= 0.6 is 11.6 Å². The second-order valence-electron chi connectivity index (χ2n) is 6.65. The first kappa shape index (κ1) is 17.5. The van der Waals surface area contributed by atoms with Crippen molar-refractivity contribution >= 4 is 29.0 Å². The zero-order valence-electron chi connectivity index (χ0n) is 13.6. The van der Waals surface area contributed by atoms with E-state index in [-0.39, 0.29) is 23.7 Å². The molecule has 0 heterocycles. The maximum Gasteiger partial charge on any atom is 0.277 e. The number of halogens is 1. The Bertz CT molecular complexity index is 653. The summed E-state index contributed by atoms with van der Waals surface area (Å²) in [5.41, 5.74) is 3.94. The Hall–Kier alpha value is -1.88. The number of carbonyl (C=O) groups excluding carboxylic acids is 2. The van der Waals surface area contributed by atoms with Crippen LogP contribution in [0.3, 0.4) is 0 Å². The molecule has 0 aromatic heterocycles. The van der Waals surface area contributed by atoms with Gasteiger partial charge in [0, 0.05) is 23.6 Å². The van der Waals surface area contributed by atoms with Crippen molar-refractivity contribution in [1.82, 2.24) is 5.43 Å². The average Bonchev–Trinajstić information content (AvgIpc) is 2.44. The van der Waals surface area contributed by atoms with Crippen LogP contribution in [0.25, 0.3) is 0 Å². The van der Waals surface area contributed by atoms with Gasteiger partial charge in [-0.2, -0.15) is 5.10 Å². The molecule has 2 rings (SSSR count). The van der Waals surface area contributed by atoms with Crippen molar-refractivity contribution in [3.8, 4) is 5.75 Å². The Morgan fingerprint density at radius 1 is 1.39 bits per heavy atom. The first-order valence-electron chi connectivity index (χ1n) is 7.50. The van der Waals surface area contributed by atoms with Gasteiger partial charge in [-0.1, -0.05) is 25.4 Å². The topological polar surface area (TPSA) is 67.8 Å². The zero-order chi connectivity index (χ0) is 17.0. The smallest absolute Gasteiger partial charge is 0.277 e. The van der Waals surface area contributed by atoms with Gasteiger partial charge in [0.15, 0.2) is 6.61 Å². The fourth-order valence-corrected chi connectivity index (χ4v) is 2.73. The van der Waals surface area contributed by atoms with Crippen molar-refractivity contribution < 1.29 is 14.3 Å². The largest absolute Gasteiger partial charge is 0.484 e. The molecule has 1 aliphatic rings. The van der Waals surface area contributed by atoms with Gasteiger partial charge in [0.1, 0.15) is 11.5 Å². The van der Waals surface area contributed by atoms with Gasteiger partial charge in [0.05, 0.1) is 0 Å². The van der Waals surface area contributed by atoms with E-state index < -0.39 is 0 Å². The second-order valence-corrected chi connectivity index (χ2v) is 7.05. The Morgan fingerprint density at radius 3 is 2.78 bits per heavy atom. The summed E-state index contributed by atoms with van der Waals surface area (Å²) in [4.78, 5) is 23.5. The van der Waals surface area contributed by atoms with Crippen molar-refractivity contribution in [2.45, 2.75) is 40.0 Å². The molecular weight excluding hydrogens is 316 g/mol. The van der Waals surface area contributed by atoms with E-state index in [0.29, 0.717) is 35.7 Å². The van der Waals surface area contributed by atoms with Gasteiger partial charge in [-0.15, -0.1) is 0 Å². The van der Waals surface area contributed by atoms with Crippen molar-refractivity contribution in [3.63, 3.8) is 0 Å². The van der Waals surface area contributed by atoms with Gasteiger partial charge in [-0.3, -0.25) is 9.59 Å². The molecule has 0 aliphatic heterocycles. The monoisotopic (exact) mass is 336 g/mol. The number of nitrogens with one attached hydrogen (secondary N) is 1. The highest BCUT2D eigenvalue weighted by Crippen LogP contribution is 2.31. The predicted octanol–water partition coefficient (Wildman–Crippen LogP) is 3.28. The first-order chi connectivity index (χ1) is 10.7. The molecule has 1 fully saturated rings. The fraction of sp³-hybridized carbons (Fsp3) is 0.471. The highest BCUT2D eigenvalue weighted by molar-refractivity contribution is 6.31. The summed E-state index contributed by atoms with van der Waals surface area (Å²) in [6.45, 7) is 5.76. The molecule has 23 heavy (non-hydrogen) atoms. The van der Waals surface area contributed by atoms with Crippen molar-refractivity contribution in [3.05, 3.63) is 28.8 Å². The van der Waals surface area contributed by atoms with Crippen molar-refractivity contribution in [2.24, 2.45) is 10.5 Å². The average molecular weight is 337 g/mol. The number of hydrazone groups is 1. The molecule has 1 aliphatic carbocycles. The van der Waals surface area contributed by atoms with Crippen LogP contribution in [0, 0.1) is 12.3 Å². The van der Waals surface area contributed by atoms with E-state index in [1.54, 1.807) is 18.2 Å². The minimum absolute atomic E-state index is 0.101. The third kappa shape index (κ3) is 5.36. The quantitative estimate of drug-likeness (QED) is 0.858. The summed E-state index contributed by atoms with van der Waals surface area (Å²) in [7, 11) is 0. The van der Waals surface area contributed by atoms with Crippen LogP contribution in [0.4, 0.5) is 0 Å². The number of aryl methyl sites for hydroxylation is 1. The molecule has 5 nitrogen and oxygen atoms in total. The predicted molar refractivity (Wildman–Crippen MR) is 89.9 cm³/mol. The van der Waals surface area contributed by atoms with E-state index in [4.69, 9.17) is 16.3 Å². The van der Waals surface area contributed by atoms with Crippen LogP contribution in [-0.2, 0) is 9.59 Å². The Balaban J connectivity index is 1.86. The molecule has 1 N–H and O–H groups in total. The molecule has 0 radical (unpaired) electrons. The molecule has 0 unspecified atom stereocenters. The lowest BCUT2D eigenvalue weighted by molar-refractivity contribution is -0.123. The third-order valence-corrected chi connectivity index (χ3v) is 4.02. The van der Waals surface area contributed by atoms with Gasteiger partial charge >= 0.3 is 0 Å². The first-order valence-corrected chi connectivity index (χ1v) is 7.88. The number of Topliss-reactive ketones (excluding diaryl/α,β-unsaturated/α-hetero) is 1. The summed E-state index contributed by atoms with van der Waals surface area (Å²) >= 11 is 5.93. The molecule has 124 valence electrons. The number of rotatable bonds is 4. The zero-order valence-corrected chi connectivity index (χ0v) is 14.4. The van der Waals surface area contributed by atoms with Gasteiger partial charge in [-0.25, -0.2) is 5.43 Å².